The average Bonchev–Trinajstić information content (AvgIpc) is 3.54. The first-order valence-corrected chi connectivity index (χ1v) is 11.8. The molecule has 0 bridgehead atoms. The molecular formula is C23H22FN5O4S. The number of urea groups is 1. The second kappa shape index (κ2) is 8.90. The van der Waals surface area contributed by atoms with E-state index in [1.165, 1.54) is 17.5 Å². The van der Waals surface area contributed by atoms with Crippen LogP contribution in [0.25, 0.3) is 10.9 Å². The Kier molecular flexibility index (Phi) is 5.78. The van der Waals surface area contributed by atoms with Gasteiger partial charge in [-0.25, -0.2) is 19.4 Å². The number of nitrogens with zero attached hydrogens (tertiary/aromatic N) is 4. The van der Waals surface area contributed by atoms with Crippen molar-refractivity contribution in [3.8, 4) is 0 Å². The highest BCUT2D eigenvalue weighted by molar-refractivity contribution is 7.11. The van der Waals surface area contributed by atoms with Crippen molar-refractivity contribution >= 4 is 46.1 Å². The zero-order valence-electron chi connectivity index (χ0n) is 18.1. The van der Waals surface area contributed by atoms with Gasteiger partial charge in [-0.1, -0.05) is 6.07 Å². The number of pyridine rings is 1. The molecule has 1 aliphatic heterocycles. The van der Waals surface area contributed by atoms with Crippen molar-refractivity contribution in [2.24, 2.45) is 5.10 Å². The van der Waals surface area contributed by atoms with Crippen molar-refractivity contribution in [2.45, 2.75) is 18.9 Å². The van der Waals surface area contributed by atoms with Crippen LogP contribution in [0.2, 0.25) is 0 Å². The monoisotopic (exact) mass is 483 g/mol. The third-order valence-corrected chi connectivity index (χ3v) is 6.88. The number of carbonyl (C=O) groups excluding carboxylic acids is 1. The molecule has 1 aliphatic carbocycles. The molecule has 2 aromatic heterocycles. The smallest absolute Gasteiger partial charge is 0.341 e. The summed E-state index contributed by atoms with van der Waals surface area (Å²) in [5.41, 5.74) is 2.33. The molecule has 11 heteroatoms. The van der Waals surface area contributed by atoms with Gasteiger partial charge in [-0.2, -0.15) is 5.10 Å². The van der Waals surface area contributed by atoms with Crippen LogP contribution in [0.3, 0.4) is 0 Å². The number of piperazine rings is 1. The number of halogens is 1. The molecule has 34 heavy (non-hydrogen) atoms. The largest absolute Gasteiger partial charge is 0.477 e. The number of aromatic nitrogens is 1. The zero-order valence-corrected chi connectivity index (χ0v) is 18.9. The molecule has 0 radical (unpaired) electrons. The summed E-state index contributed by atoms with van der Waals surface area (Å²) >= 11 is 1.51. The molecule has 1 saturated carbocycles. The van der Waals surface area contributed by atoms with Gasteiger partial charge in [0.1, 0.15) is 11.4 Å². The highest BCUT2D eigenvalue weighted by Crippen LogP contribution is 2.38. The highest BCUT2D eigenvalue weighted by atomic mass is 32.1. The number of hydrogen-bond donors (Lipinski definition) is 2. The summed E-state index contributed by atoms with van der Waals surface area (Å²) in [5.74, 6) is -1.91. The number of fused-ring (bicyclic) bond motifs is 1. The van der Waals surface area contributed by atoms with E-state index in [1.54, 1.807) is 21.7 Å². The lowest BCUT2D eigenvalue weighted by molar-refractivity contribution is 0.0694. The van der Waals surface area contributed by atoms with Crippen molar-refractivity contribution in [3.63, 3.8) is 0 Å². The molecule has 2 N–H and O–H groups in total. The quantitative estimate of drug-likeness (QED) is 0.428. The minimum atomic E-state index is -1.32. The van der Waals surface area contributed by atoms with Gasteiger partial charge in [-0.3, -0.25) is 4.79 Å². The van der Waals surface area contributed by atoms with E-state index < -0.39 is 17.2 Å². The van der Waals surface area contributed by atoms with Gasteiger partial charge >= 0.3 is 12.0 Å². The van der Waals surface area contributed by atoms with Crippen LogP contribution in [0, 0.1) is 5.82 Å². The van der Waals surface area contributed by atoms with Gasteiger partial charge in [-0.05, 0) is 36.4 Å². The van der Waals surface area contributed by atoms with E-state index in [-0.39, 0.29) is 23.0 Å². The molecule has 0 spiro atoms. The number of anilines is 1. The Morgan fingerprint density at radius 3 is 2.62 bits per heavy atom. The van der Waals surface area contributed by atoms with E-state index >= 15 is 4.39 Å². The van der Waals surface area contributed by atoms with Crippen molar-refractivity contribution in [2.75, 3.05) is 31.1 Å². The van der Waals surface area contributed by atoms with E-state index in [2.05, 4.69) is 10.5 Å². The van der Waals surface area contributed by atoms with Crippen molar-refractivity contribution in [3.05, 3.63) is 62.3 Å². The fraction of sp³-hybridized carbons (Fsp3) is 0.304. The average molecular weight is 484 g/mol. The highest BCUT2D eigenvalue weighted by Gasteiger charge is 2.29. The normalized spacial score (nSPS) is 16.4. The molecule has 3 aromatic rings. The first kappa shape index (κ1) is 22.1. The number of carboxylic acid groups (broad SMARTS) is 1. The Balaban J connectivity index is 1.34. The number of nitrogens with one attached hydrogen (secondary N) is 1. The maximum absolute atomic E-state index is 15.1. The van der Waals surface area contributed by atoms with Crippen LogP contribution in [-0.2, 0) is 0 Å². The van der Waals surface area contributed by atoms with Crippen LogP contribution in [0.1, 0.15) is 34.1 Å². The van der Waals surface area contributed by atoms with Crippen molar-refractivity contribution in [1.29, 1.82) is 0 Å². The van der Waals surface area contributed by atoms with Crippen LogP contribution in [0.15, 0.2) is 45.7 Å². The maximum atomic E-state index is 15.1. The Morgan fingerprint density at radius 2 is 1.97 bits per heavy atom. The third-order valence-electron chi connectivity index (χ3n) is 6.07. The van der Waals surface area contributed by atoms with Gasteiger partial charge in [0, 0.05) is 48.7 Å². The topological polar surface area (TPSA) is 107 Å². The summed E-state index contributed by atoms with van der Waals surface area (Å²) in [6.45, 7) is 1.58. The molecule has 1 saturated heterocycles. The standard InChI is InChI=1S/C23H22FN5O4S/c24-18-10-16-19(29(14-3-4-14)13-17(21(16)30)22(31)32)11-20(18)27-5-7-28(8-6-27)23(33)26-25-12-15-2-1-9-34-15/h1-2,9-14H,3-8H2,(H,26,33)(H,31,32)/b25-12+. The molecule has 176 valence electrons. The lowest BCUT2D eigenvalue weighted by atomic mass is 10.1. The molecule has 0 atom stereocenters. The fourth-order valence-electron chi connectivity index (χ4n) is 4.15. The summed E-state index contributed by atoms with van der Waals surface area (Å²) < 4.78 is 16.9. The fourth-order valence-corrected chi connectivity index (χ4v) is 4.73. The van der Waals surface area contributed by atoms with Crippen molar-refractivity contribution in [1.82, 2.24) is 14.9 Å². The molecule has 0 unspecified atom stereocenters. The number of benzene rings is 1. The van der Waals surface area contributed by atoms with Gasteiger partial charge in [0.25, 0.3) is 0 Å². The van der Waals surface area contributed by atoms with Crippen LogP contribution in [0.5, 0.6) is 0 Å². The van der Waals surface area contributed by atoms with Crippen LogP contribution >= 0.6 is 11.3 Å². The number of amides is 2. The SMILES string of the molecule is O=C(O)c1cn(C2CC2)c2cc(N3CCN(C(=O)N/N=C/c4cccs4)CC3)c(F)cc2c1=O. The van der Waals surface area contributed by atoms with Gasteiger partial charge in [-0.15, -0.1) is 11.3 Å². The predicted molar refractivity (Wildman–Crippen MR) is 128 cm³/mol. The third kappa shape index (κ3) is 4.26. The Bertz CT molecular complexity index is 1340. The van der Waals surface area contributed by atoms with E-state index in [0.717, 1.165) is 23.8 Å². The molecule has 3 heterocycles. The maximum Gasteiger partial charge on any atom is 0.341 e. The number of carboxylic acids is 1. The second-order valence-corrected chi connectivity index (χ2v) is 9.28. The van der Waals surface area contributed by atoms with Gasteiger partial charge in [0.15, 0.2) is 0 Å². The summed E-state index contributed by atoms with van der Waals surface area (Å²) in [4.78, 5) is 40.9. The molecule has 2 fully saturated rings. The molecule has 9 nitrogen and oxygen atoms in total. The van der Waals surface area contributed by atoms with E-state index in [9.17, 15) is 19.5 Å². The summed E-state index contributed by atoms with van der Waals surface area (Å²) in [6.07, 6.45) is 4.71. The second-order valence-electron chi connectivity index (χ2n) is 8.30. The number of rotatable bonds is 5. The summed E-state index contributed by atoms with van der Waals surface area (Å²) in [6, 6.07) is 6.33. The molecule has 2 amide bonds. The molecular weight excluding hydrogens is 461 g/mol. The minimum Gasteiger partial charge on any atom is -0.477 e. The minimum absolute atomic E-state index is 0.0645. The first-order chi connectivity index (χ1) is 16.4. The van der Waals surface area contributed by atoms with Gasteiger partial charge in [0.2, 0.25) is 5.43 Å². The van der Waals surface area contributed by atoms with Crippen LogP contribution < -0.4 is 15.8 Å². The zero-order chi connectivity index (χ0) is 23.8. The predicted octanol–water partition coefficient (Wildman–Crippen LogP) is 3.10. The van der Waals surface area contributed by atoms with E-state index in [4.69, 9.17) is 0 Å². The van der Waals surface area contributed by atoms with Gasteiger partial charge in [0.05, 0.1) is 17.4 Å². The van der Waals surface area contributed by atoms with Crippen LogP contribution in [0.4, 0.5) is 14.9 Å². The first-order valence-electron chi connectivity index (χ1n) is 10.9. The lowest BCUT2D eigenvalue weighted by Crippen LogP contribution is -2.51. The van der Waals surface area contributed by atoms with E-state index in [1.807, 2.05) is 22.4 Å². The number of thiophene rings is 1. The molecule has 1 aromatic carbocycles. The lowest BCUT2D eigenvalue weighted by Gasteiger charge is -2.36. The summed E-state index contributed by atoms with van der Waals surface area (Å²) in [7, 11) is 0. The number of carbonyl (C=O) groups is 2. The number of aromatic carboxylic acids is 1. The molecule has 2 aliphatic rings. The Morgan fingerprint density at radius 1 is 1.21 bits per heavy atom. The number of hydrogen-bond acceptors (Lipinski definition) is 6. The Labute approximate surface area is 197 Å². The summed E-state index contributed by atoms with van der Waals surface area (Å²) in [5, 5.41) is 15.3. The van der Waals surface area contributed by atoms with Crippen LogP contribution in [-0.4, -0.2) is 59.0 Å². The number of hydrazone groups is 1. The van der Waals surface area contributed by atoms with Gasteiger partial charge < -0.3 is 19.5 Å². The Hall–Kier alpha value is -3.73. The van der Waals surface area contributed by atoms with E-state index in [0.29, 0.717) is 37.4 Å². The van der Waals surface area contributed by atoms with Crippen molar-refractivity contribution < 1.29 is 19.1 Å². The molecule has 5 rings (SSSR count).